The van der Waals surface area contributed by atoms with Crippen molar-refractivity contribution >= 4 is 17.2 Å². The van der Waals surface area contributed by atoms with Crippen molar-refractivity contribution in [3.63, 3.8) is 0 Å². The zero-order valence-electron chi connectivity index (χ0n) is 7.29. The summed E-state index contributed by atoms with van der Waals surface area (Å²) in [4.78, 5) is 5.16. The van der Waals surface area contributed by atoms with Crippen LogP contribution in [0.15, 0.2) is 18.2 Å². The third-order valence-corrected chi connectivity index (χ3v) is 1.91. The van der Waals surface area contributed by atoms with E-state index in [1.54, 1.807) is 0 Å². The van der Waals surface area contributed by atoms with Crippen LogP contribution >= 0.6 is 12.2 Å². The summed E-state index contributed by atoms with van der Waals surface area (Å²) in [5.74, 6) is 0. The second kappa shape index (κ2) is 4.16. The Balaban J connectivity index is 2.69. The highest BCUT2D eigenvalue weighted by molar-refractivity contribution is 7.80. The Morgan fingerprint density at radius 1 is 1.58 bits per heavy atom. The van der Waals surface area contributed by atoms with Crippen molar-refractivity contribution < 1.29 is 0 Å². The molecule has 0 saturated heterocycles. The summed E-state index contributed by atoms with van der Waals surface area (Å²) in [5.41, 5.74) is 2.06. The van der Waals surface area contributed by atoms with E-state index in [0.717, 1.165) is 22.8 Å². The van der Waals surface area contributed by atoms with Gasteiger partial charge in [0.2, 0.25) is 0 Å². The predicted octanol–water partition coefficient (Wildman–Crippen LogP) is 1.48. The first kappa shape index (κ1) is 9.13. The Kier molecular flexibility index (Phi) is 3.17. The Morgan fingerprint density at radius 3 is 2.92 bits per heavy atom. The Bertz CT molecular complexity index is 284. The number of aromatic nitrogens is 1. The molecular weight excluding hydrogens is 168 g/mol. The molecule has 0 fully saturated rings. The number of rotatable bonds is 2. The van der Waals surface area contributed by atoms with Gasteiger partial charge in [0, 0.05) is 24.9 Å². The lowest BCUT2D eigenvalue weighted by molar-refractivity contribution is 1.05. The standard InChI is InChI=1S/C9H12N2S/c1-7-4-3-5-8(11-7)6-9(12)10-2/h3-5H,6H2,1-2H3,(H,10,12). The van der Waals surface area contributed by atoms with Crippen molar-refractivity contribution in [3.8, 4) is 0 Å². The molecule has 0 atom stereocenters. The maximum absolute atomic E-state index is 5.03. The Morgan fingerprint density at radius 2 is 2.33 bits per heavy atom. The summed E-state index contributed by atoms with van der Waals surface area (Å²) in [6.07, 6.45) is 0.730. The second-order valence-corrected chi connectivity index (χ2v) is 3.11. The van der Waals surface area contributed by atoms with Gasteiger partial charge in [-0.05, 0) is 19.1 Å². The summed E-state index contributed by atoms with van der Waals surface area (Å²) >= 11 is 5.03. The van der Waals surface area contributed by atoms with E-state index in [4.69, 9.17) is 12.2 Å². The number of aryl methyl sites for hydroxylation is 1. The lowest BCUT2D eigenvalue weighted by atomic mass is 10.2. The Hall–Kier alpha value is -0.960. The average Bonchev–Trinajstić information content (AvgIpc) is 2.04. The number of nitrogens with zero attached hydrogens (tertiary/aromatic N) is 1. The Labute approximate surface area is 78.0 Å². The maximum Gasteiger partial charge on any atom is 0.0811 e. The van der Waals surface area contributed by atoms with E-state index >= 15 is 0 Å². The molecule has 1 aromatic heterocycles. The third kappa shape index (κ3) is 2.58. The first-order valence-corrected chi connectivity index (χ1v) is 4.26. The molecule has 0 radical (unpaired) electrons. The van der Waals surface area contributed by atoms with E-state index in [0.29, 0.717) is 0 Å². The van der Waals surface area contributed by atoms with Gasteiger partial charge in [0.1, 0.15) is 0 Å². The van der Waals surface area contributed by atoms with Crippen LogP contribution in [0.1, 0.15) is 11.4 Å². The molecule has 2 nitrogen and oxygen atoms in total. The lowest BCUT2D eigenvalue weighted by Gasteiger charge is -2.02. The zero-order chi connectivity index (χ0) is 8.97. The van der Waals surface area contributed by atoms with Crippen LogP contribution in [0, 0.1) is 6.92 Å². The predicted molar refractivity (Wildman–Crippen MR) is 54.3 cm³/mol. The average molecular weight is 180 g/mol. The summed E-state index contributed by atoms with van der Waals surface area (Å²) in [6.45, 7) is 1.98. The van der Waals surface area contributed by atoms with Crippen LogP contribution in [0.25, 0.3) is 0 Å². The third-order valence-electron chi connectivity index (χ3n) is 1.57. The van der Waals surface area contributed by atoms with Crippen molar-refractivity contribution in [2.24, 2.45) is 0 Å². The summed E-state index contributed by atoms with van der Waals surface area (Å²) in [5, 5.41) is 2.92. The van der Waals surface area contributed by atoms with E-state index < -0.39 is 0 Å². The lowest BCUT2D eigenvalue weighted by Crippen LogP contribution is -2.18. The van der Waals surface area contributed by atoms with E-state index in [1.165, 1.54) is 0 Å². The molecule has 1 rings (SSSR count). The molecule has 1 heterocycles. The first-order chi connectivity index (χ1) is 5.72. The fourth-order valence-electron chi connectivity index (χ4n) is 0.951. The summed E-state index contributed by atoms with van der Waals surface area (Å²) in [7, 11) is 1.83. The number of likely N-dealkylation sites (N-methyl/N-ethyl adjacent to an activating group) is 1. The SMILES string of the molecule is CNC(=S)Cc1cccc(C)n1. The molecule has 3 heteroatoms. The largest absolute Gasteiger partial charge is 0.382 e. The highest BCUT2D eigenvalue weighted by Crippen LogP contribution is 1.99. The van der Waals surface area contributed by atoms with Gasteiger partial charge in [0.05, 0.1) is 4.99 Å². The molecule has 0 saturated carbocycles. The zero-order valence-corrected chi connectivity index (χ0v) is 8.11. The number of nitrogens with one attached hydrogen (secondary N) is 1. The molecule has 1 aromatic rings. The number of hydrogen-bond acceptors (Lipinski definition) is 2. The van der Waals surface area contributed by atoms with Gasteiger partial charge in [-0.3, -0.25) is 4.98 Å². The molecule has 0 aliphatic heterocycles. The second-order valence-electron chi connectivity index (χ2n) is 2.62. The van der Waals surface area contributed by atoms with Crippen LogP contribution < -0.4 is 5.32 Å². The molecule has 1 N–H and O–H groups in total. The van der Waals surface area contributed by atoms with Crippen LogP contribution in [-0.4, -0.2) is 17.0 Å². The highest BCUT2D eigenvalue weighted by Gasteiger charge is 1.97. The summed E-state index contributed by atoms with van der Waals surface area (Å²) in [6, 6.07) is 5.96. The topological polar surface area (TPSA) is 24.9 Å². The molecule has 0 aromatic carbocycles. The normalized spacial score (nSPS) is 9.50. The fourth-order valence-corrected chi connectivity index (χ4v) is 1.10. The van der Waals surface area contributed by atoms with Gasteiger partial charge in [-0.1, -0.05) is 18.3 Å². The van der Waals surface area contributed by atoms with Crippen LogP contribution in [0.2, 0.25) is 0 Å². The first-order valence-electron chi connectivity index (χ1n) is 3.85. The van der Waals surface area contributed by atoms with Crippen molar-refractivity contribution in [2.75, 3.05) is 7.05 Å². The van der Waals surface area contributed by atoms with E-state index in [-0.39, 0.29) is 0 Å². The number of thiocarbonyl (C=S) groups is 1. The van der Waals surface area contributed by atoms with Gasteiger partial charge < -0.3 is 5.32 Å². The molecule has 0 aliphatic rings. The van der Waals surface area contributed by atoms with Crippen molar-refractivity contribution in [1.82, 2.24) is 10.3 Å². The maximum atomic E-state index is 5.03. The minimum absolute atomic E-state index is 0.730. The van der Waals surface area contributed by atoms with E-state index in [1.807, 2.05) is 32.2 Å². The highest BCUT2D eigenvalue weighted by atomic mass is 32.1. The molecule has 0 aliphatic carbocycles. The number of pyridine rings is 1. The molecular formula is C9H12N2S. The molecule has 0 spiro atoms. The van der Waals surface area contributed by atoms with E-state index in [2.05, 4.69) is 10.3 Å². The van der Waals surface area contributed by atoms with Gasteiger partial charge in [-0.25, -0.2) is 0 Å². The smallest absolute Gasteiger partial charge is 0.0811 e. The van der Waals surface area contributed by atoms with Crippen LogP contribution in [0.5, 0.6) is 0 Å². The van der Waals surface area contributed by atoms with Gasteiger partial charge in [-0.15, -0.1) is 0 Å². The van der Waals surface area contributed by atoms with Crippen molar-refractivity contribution in [3.05, 3.63) is 29.6 Å². The van der Waals surface area contributed by atoms with Gasteiger partial charge in [-0.2, -0.15) is 0 Å². The van der Waals surface area contributed by atoms with Crippen LogP contribution in [-0.2, 0) is 6.42 Å². The quantitative estimate of drug-likeness (QED) is 0.698. The minimum atomic E-state index is 0.730. The van der Waals surface area contributed by atoms with Crippen LogP contribution in [0.3, 0.4) is 0 Å². The molecule has 0 unspecified atom stereocenters. The molecule has 64 valence electrons. The minimum Gasteiger partial charge on any atom is -0.382 e. The molecule has 0 bridgehead atoms. The van der Waals surface area contributed by atoms with Gasteiger partial charge in [0.25, 0.3) is 0 Å². The molecule has 0 amide bonds. The van der Waals surface area contributed by atoms with Gasteiger partial charge in [0.15, 0.2) is 0 Å². The van der Waals surface area contributed by atoms with Gasteiger partial charge >= 0.3 is 0 Å². The molecule has 12 heavy (non-hydrogen) atoms. The van der Waals surface area contributed by atoms with Crippen molar-refractivity contribution in [2.45, 2.75) is 13.3 Å². The number of hydrogen-bond donors (Lipinski definition) is 1. The summed E-state index contributed by atoms with van der Waals surface area (Å²) < 4.78 is 0. The fraction of sp³-hybridized carbons (Fsp3) is 0.333. The van der Waals surface area contributed by atoms with Crippen LogP contribution in [0.4, 0.5) is 0 Å². The van der Waals surface area contributed by atoms with Crippen molar-refractivity contribution in [1.29, 1.82) is 0 Å². The van der Waals surface area contributed by atoms with E-state index in [9.17, 15) is 0 Å². The monoisotopic (exact) mass is 180 g/mol.